The van der Waals surface area contributed by atoms with E-state index >= 15 is 0 Å². The van der Waals surface area contributed by atoms with Crippen molar-refractivity contribution in [2.45, 2.75) is 6.54 Å². The molecule has 1 aromatic carbocycles. The summed E-state index contributed by atoms with van der Waals surface area (Å²) in [5.41, 5.74) is 0.0258. The number of benzene rings is 1. The lowest BCUT2D eigenvalue weighted by atomic mass is 10.3. The zero-order chi connectivity index (χ0) is 15.4. The minimum atomic E-state index is -0.980. The molecule has 2 aromatic rings. The molecule has 0 radical (unpaired) electrons. The Labute approximate surface area is 123 Å². The number of urea groups is 1. The molecule has 0 aliphatic heterocycles. The van der Waals surface area contributed by atoms with E-state index in [0.717, 1.165) is 6.07 Å². The number of nitrogens with zero attached hydrogens (tertiary/aromatic N) is 2. The fraction of sp³-hybridized carbons (Fsp3) is 0.167. The van der Waals surface area contributed by atoms with Crippen LogP contribution in [0.3, 0.4) is 0 Å². The summed E-state index contributed by atoms with van der Waals surface area (Å²) in [4.78, 5) is 11.7. The fourth-order valence-corrected chi connectivity index (χ4v) is 1.83. The van der Waals surface area contributed by atoms with Crippen molar-refractivity contribution in [2.75, 3.05) is 17.2 Å². The fourth-order valence-electron chi connectivity index (χ4n) is 1.59. The molecule has 2 amide bonds. The lowest BCUT2D eigenvalue weighted by Gasteiger charge is -2.09. The van der Waals surface area contributed by atoms with E-state index in [-0.39, 0.29) is 23.9 Å². The maximum atomic E-state index is 13.5. The maximum absolute atomic E-state index is 13.5. The average molecular weight is 317 g/mol. The van der Waals surface area contributed by atoms with Crippen LogP contribution in [0.2, 0.25) is 5.02 Å². The summed E-state index contributed by atoms with van der Waals surface area (Å²) in [5.74, 6) is -1.82. The number of halogens is 3. The summed E-state index contributed by atoms with van der Waals surface area (Å²) in [6, 6.07) is 0.742. The molecule has 1 heterocycles. The standard InChI is InChI=1S/C12H11ClF2N4O2/c13-9-3-7(14)4-10(15)11(9)18-12(21)17-8-5-16-19(6-8)1-2-20/h3-6,20H,1-2H2,(H2,17,18,21). The largest absolute Gasteiger partial charge is 0.394 e. The van der Waals surface area contributed by atoms with E-state index in [1.807, 2.05) is 0 Å². The number of carbonyl (C=O) groups is 1. The first-order valence-electron chi connectivity index (χ1n) is 5.85. The summed E-state index contributed by atoms with van der Waals surface area (Å²) in [6.45, 7) is 0.186. The number of amides is 2. The third kappa shape index (κ3) is 3.89. The molecule has 6 nitrogen and oxygen atoms in total. The Kier molecular flexibility index (Phi) is 4.71. The van der Waals surface area contributed by atoms with E-state index in [1.54, 1.807) is 0 Å². The van der Waals surface area contributed by atoms with E-state index in [2.05, 4.69) is 15.7 Å². The average Bonchev–Trinajstić information content (AvgIpc) is 2.81. The topological polar surface area (TPSA) is 79.2 Å². The van der Waals surface area contributed by atoms with Crippen LogP contribution in [0.5, 0.6) is 0 Å². The van der Waals surface area contributed by atoms with Crippen molar-refractivity contribution in [3.05, 3.63) is 41.2 Å². The lowest BCUT2D eigenvalue weighted by Crippen LogP contribution is -2.20. The number of aliphatic hydroxyl groups excluding tert-OH is 1. The molecule has 0 fully saturated rings. The van der Waals surface area contributed by atoms with Crippen LogP contribution in [0, 0.1) is 11.6 Å². The number of aromatic nitrogens is 2. The second-order valence-electron chi connectivity index (χ2n) is 4.04. The van der Waals surface area contributed by atoms with Crippen molar-refractivity contribution in [2.24, 2.45) is 0 Å². The van der Waals surface area contributed by atoms with Crippen molar-refractivity contribution in [3.63, 3.8) is 0 Å². The monoisotopic (exact) mass is 316 g/mol. The van der Waals surface area contributed by atoms with Crippen LogP contribution in [-0.2, 0) is 6.54 Å². The molecule has 0 aliphatic carbocycles. The molecule has 112 valence electrons. The van der Waals surface area contributed by atoms with Gasteiger partial charge in [-0.2, -0.15) is 5.10 Å². The van der Waals surface area contributed by atoms with E-state index < -0.39 is 17.7 Å². The molecule has 0 aliphatic rings. The number of anilines is 2. The van der Waals surface area contributed by atoms with Crippen LogP contribution in [0.25, 0.3) is 0 Å². The van der Waals surface area contributed by atoms with Gasteiger partial charge in [-0.15, -0.1) is 0 Å². The highest BCUT2D eigenvalue weighted by atomic mass is 35.5. The molecular formula is C12H11ClF2N4O2. The van der Waals surface area contributed by atoms with Crippen molar-refractivity contribution in [3.8, 4) is 0 Å². The van der Waals surface area contributed by atoms with E-state index in [4.69, 9.17) is 16.7 Å². The number of hydrogen-bond donors (Lipinski definition) is 3. The highest BCUT2D eigenvalue weighted by molar-refractivity contribution is 6.33. The van der Waals surface area contributed by atoms with Gasteiger partial charge in [0.15, 0.2) is 5.82 Å². The summed E-state index contributed by atoms with van der Waals surface area (Å²) in [5, 5.41) is 17.0. The number of hydrogen-bond acceptors (Lipinski definition) is 3. The van der Waals surface area contributed by atoms with E-state index in [9.17, 15) is 13.6 Å². The van der Waals surface area contributed by atoms with Crippen LogP contribution in [0.4, 0.5) is 25.0 Å². The predicted molar refractivity (Wildman–Crippen MR) is 73.3 cm³/mol. The minimum absolute atomic E-state index is 0.0935. The van der Waals surface area contributed by atoms with Gasteiger partial charge in [0.1, 0.15) is 5.82 Å². The third-order valence-corrected chi connectivity index (χ3v) is 2.76. The SMILES string of the molecule is O=C(Nc1cnn(CCO)c1)Nc1c(F)cc(F)cc1Cl. The Bertz CT molecular complexity index is 639. The molecule has 0 spiro atoms. The van der Waals surface area contributed by atoms with Crippen molar-refractivity contribution < 1.29 is 18.7 Å². The summed E-state index contributed by atoms with van der Waals surface area (Å²) in [6.07, 6.45) is 2.84. The molecular weight excluding hydrogens is 306 g/mol. The van der Waals surface area contributed by atoms with E-state index in [1.165, 1.54) is 17.1 Å². The van der Waals surface area contributed by atoms with Gasteiger partial charge in [-0.1, -0.05) is 11.6 Å². The van der Waals surface area contributed by atoms with Gasteiger partial charge in [0.05, 0.1) is 35.7 Å². The minimum Gasteiger partial charge on any atom is -0.394 e. The second kappa shape index (κ2) is 6.51. The maximum Gasteiger partial charge on any atom is 0.323 e. The summed E-state index contributed by atoms with van der Waals surface area (Å²) < 4.78 is 27.8. The molecule has 0 saturated heterocycles. The van der Waals surface area contributed by atoms with Gasteiger partial charge in [0.25, 0.3) is 0 Å². The van der Waals surface area contributed by atoms with Crippen LogP contribution in [-0.4, -0.2) is 27.5 Å². The Morgan fingerprint density at radius 1 is 1.38 bits per heavy atom. The Morgan fingerprint density at radius 3 is 2.81 bits per heavy atom. The van der Waals surface area contributed by atoms with Gasteiger partial charge in [-0.3, -0.25) is 4.68 Å². The molecule has 9 heteroatoms. The molecule has 0 unspecified atom stereocenters. The number of rotatable bonds is 4. The first-order chi connectivity index (χ1) is 9.99. The summed E-state index contributed by atoms with van der Waals surface area (Å²) in [7, 11) is 0. The predicted octanol–water partition coefficient (Wildman–Crippen LogP) is 2.45. The lowest BCUT2D eigenvalue weighted by molar-refractivity contribution is 0.262. The van der Waals surface area contributed by atoms with Crippen molar-refractivity contribution >= 4 is 29.0 Å². The molecule has 21 heavy (non-hydrogen) atoms. The molecule has 1 aromatic heterocycles. The van der Waals surface area contributed by atoms with Gasteiger partial charge in [0.2, 0.25) is 0 Å². The van der Waals surface area contributed by atoms with Crippen LogP contribution in [0.1, 0.15) is 0 Å². The number of nitrogens with one attached hydrogen (secondary N) is 2. The van der Waals surface area contributed by atoms with Crippen LogP contribution in [0.15, 0.2) is 24.5 Å². The van der Waals surface area contributed by atoms with Gasteiger partial charge in [-0.05, 0) is 6.07 Å². The normalized spacial score (nSPS) is 10.5. The van der Waals surface area contributed by atoms with Gasteiger partial charge >= 0.3 is 6.03 Å². The second-order valence-corrected chi connectivity index (χ2v) is 4.45. The molecule has 0 bridgehead atoms. The zero-order valence-electron chi connectivity index (χ0n) is 10.6. The third-order valence-electron chi connectivity index (χ3n) is 2.47. The zero-order valence-corrected chi connectivity index (χ0v) is 11.4. The van der Waals surface area contributed by atoms with Crippen molar-refractivity contribution in [1.82, 2.24) is 9.78 Å². The Hall–Kier alpha value is -2.19. The first-order valence-corrected chi connectivity index (χ1v) is 6.23. The summed E-state index contributed by atoms with van der Waals surface area (Å²) >= 11 is 5.66. The number of carbonyl (C=O) groups excluding carboxylic acids is 1. The highest BCUT2D eigenvalue weighted by Gasteiger charge is 2.13. The molecule has 0 atom stereocenters. The first kappa shape index (κ1) is 15.2. The van der Waals surface area contributed by atoms with Crippen molar-refractivity contribution in [1.29, 1.82) is 0 Å². The van der Waals surface area contributed by atoms with Crippen LogP contribution < -0.4 is 10.6 Å². The van der Waals surface area contributed by atoms with Gasteiger partial charge in [-0.25, -0.2) is 13.6 Å². The molecule has 2 rings (SSSR count). The van der Waals surface area contributed by atoms with Gasteiger partial charge in [0, 0.05) is 12.3 Å². The van der Waals surface area contributed by atoms with E-state index in [0.29, 0.717) is 11.8 Å². The molecule has 3 N–H and O–H groups in total. The quantitative estimate of drug-likeness (QED) is 0.810. The van der Waals surface area contributed by atoms with Crippen LogP contribution >= 0.6 is 11.6 Å². The smallest absolute Gasteiger partial charge is 0.323 e. The Balaban J connectivity index is 2.04. The Morgan fingerprint density at radius 2 is 2.14 bits per heavy atom. The molecule has 0 saturated carbocycles. The van der Waals surface area contributed by atoms with Gasteiger partial charge < -0.3 is 15.7 Å². The number of aliphatic hydroxyl groups is 1. The highest BCUT2D eigenvalue weighted by Crippen LogP contribution is 2.26.